The summed E-state index contributed by atoms with van der Waals surface area (Å²) in [6.07, 6.45) is 94.9. The van der Waals surface area contributed by atoms with E-state index in [-0.39, 0.29) is 31.1 Å². The van der Waals surface area contributed by atoms with Crippen molar-refractivity contribution in [3.8, 4) is 0 Å². The zero-order chi connectivity index (χ0) is 58.5. The normalized spacial score (nSPS) is 12.9. The van der Waals surface area contributed by atoms with Gasteiger partial charge in [-0.2, -0.15) is 0 Å². The molecule has 462 valence electrons. The molecule has 0 amide bonds. The molecule has 0 heterocycles. The number of unbranched alkanes of at least 4 members (excludes halogenated alkanes) is 30. The molecule has 6 nitrogen and oxygen atoms in total. The SMILES string of the molecule is CC/C=C\C/C=C\C/C=C\C/C=C\C/C=C\C/C=C\C/C=C\C/C=C\CCCCCCCCC(=O)OCC(COC(=O)CCCCCCC/C=C\C/C=C\CCCC)OC(=O)CCCCCCCCCCCCCCCCCCCC. The van der Waals surface area contributed by atoms with Gasteiger partial charge in [-0.1, -0.05) is 309 Å². The van der Waals surface area contributed by atoms with Gasteiger partial charge < -0.3 is 14.2 Å². The first-order chi connectivity index (χ1) is 40.0. The third kappa shape index (κ3) is 66.5. The van der Waals surface area contributed by atoms with E-state index in [2.05, 4.69) is 142 Å². The van der Waals surface area contributed by atoms with E-state index in [1.165, 1.54) is 128 Å². The maximum atomic E-state index is 12.9. The van der Waals surface area contributed by atoms with Crippen molar-refractivity contribution < 1.29 is 28.6 Å². The van der Waals surface area contributed by atoms with E-state index >= 15 is 0 Å². The summed E-state index contributed by atoms with van der Waals surface area (Å²) in [6.45, 7) is 6.49. The lowest BCUT2D eigenvalue weighted by molar-refractivity contribution is -0.167. The van der Waals surface area contributed by atoms with Gasteiger partial charge in [-0.05, 0) is 109 Å². The highest BCUT2D eigenvalue weighted by Gasteiger charge is 2.19. The van der Waals surface area contributed by atoms with E-state index in [9.17, 15) is 14.4 Å². The zero-order valence-corrected chi connectivity index (χ0v) is 53.0. The van der Waals surface area contributed by atoms with Gasteiger partial charge in [0, 0.05) is 19.3 Å². The van der Waals surface area contributed by atoms with Crippen LogP contribution in [0.4, 0.5) is 0 Å². The molecule has 0 aromatic rings. The fourth-order valence-electron chi connectivity index (χ4n) is 9.36. The third-order valence-electron chi connectivity index (χ3n) is 14.5. The topological polar surface area (TPSA) is 78.9 Å². The molecule has 0 radical (unpaired) electrons. The van der Waals surface area contributed by atoms with Crippen LogP contribution >= 0.6 is 0 Å². The van der Waals surface area contributed by atoms with Crippen LogP contribution in [-0.4, -0.2) is 37.2 Å². The Labute approximate surface area is 501 Å². The van der Waals surface area contributed by atoms with Gasteiger partial charge in [0.15, 0.2) is 6.10 Å². The summed E-state index contributed by atoms with van der Waals surface area (Å²) in [7, 11) is 0. The fraction of sp³-hybridized carbons (Fsp3) is 0.693. The van der Waals surface area contributed by atoms with Crippen LogP contribution in [0.3, 0.4) is 0 Å². The summed E-state index contributed by atoms with van der Waals surface area (Å²) in [6, 6.07) is 0. The highest BCUT2D eigenvalue weighted by Crippen LogP contribution is 2.17. The summed E-state index contributed by atoms with van der Waals surface area (Å²) in [5.41, 5.74) is 0. The van der Waals surface area contributed by atoms with Gasteiger partial charge in [-0.15, -0.1) is 0 Å². The summed E-state index contributed by atoms with van der Waals surface area (Å²) < 4.78 is 16.9. The molecule has 81 heavy (non-hydrogen) atoms. The highest BCUT2D eigenvalue weighted by atomic mass is 16.6. The van der Waals surface area contributed by atoms with Crippen LogP contribution in [0.25, 0.3) is 0 Å². The molecule has 0 saturated carbocycles. The Morgan fingerprint density at radius 2 is 0.494 bits per heavy atom. The number of hydrogen-bond acceptors (Lipinski definition) is 6. The van der Waals surface area contributed by atoms with Crippen LogP contribution in [0.2, 0.25) is 0 Å². The quantitative estimate of drug-likeness (QED) is 0.0261. The van der Waals surface area contributed by atoms with Gasteiger partial charge in [0.1, 0.15) is 13.2 Å². The van der Waals surface area contributed by atoms with Crippen molar-refractivity contribution >= 4 is 17.9 Å². The fourth-order valence-corrected chi connectivity index (χ4v) is 9.36. The molecule has 0 rings (SSSR count). The number of carbonyl (C=O) groups is 3. The Bertz CT molecular complexity index is 1670. The average Bonchev–Trinajstić information content (AvgIpc) is 3.47. The predicted octanol–water partition coefficient (Wildman–Crippen LogP) is 23.6. The molecule has 0 aromatic carbocycles. The number of esters is 3. The molecule has 0 bridgehead atoms. The molecule has 0 aliphatic heterocycles. The first-order valence-corrected chi connectivity index (χ1v) is 34.0. The molecule has 0 aromatic heterocycles. The van der Waals surface area contributed by atoms with Crippen molar-refractivity contribution in [3.63, 3.8) is 0 Å². The number of rotatable bonds is 61. The third-order valence-corrected chi connectivity index (χ3v) is 14.5. The summed E-state index contributed by atoms with van der Waals surface area (Å²) >= 11 is 0. The predicted molar refractivity (Wildman–Crippen MR) is 353 cm³/mol. The molecule has 0 N–H and O–H groups in total. The van der Waals surface area contributed by atoms with E-state index < -0.39 is 6.10 Å². The van der Waals surface area contributed by atoms with Crippen molar-refractivity contribution in [2.75, 3.05) is 13.2 Å². The first kappa shape index (κ1) is 76.8. The van der Waals surface area contributed by atoms with Gasteiger partial charge >= 0.3 is 17.9 Å². The van der Waals surface area contributed by atoms with E-state index in [1.54, 1.807) is 0 Å². The smallest absolute Gasteiger partial charge is 0.306 e. The minimum atomic E-state index is -0.792. The first-order valence-electron chi connectivity index (χ1n) is 34.0. The number of carbonyl (C=O) groups excluding carboxylic acids is 3. The van der Waals surface area contributed by atoms with Crippen molar-refractivity contribution in [3.05, 3.63) is 122 Å². The minimum absolute atomic E-state index is 0.0892. The maximum absolute atomic E-state index is 12.9. The van der Waals surface area contributed by atoms with Gasteiger partial charge in [0.2, 0.25) is 0 Å². The van der Waals surface area contributed by atoms with Gasteiger partial charge in [-0.25, -0.2) is 0 Å². The highest BCUT2D eigenvalue weighted by molar-refractivity contribution is 5.71. The second-order valence-corrected chi connectivity index (χ2v) is 22.4. The lowest BCUT2D eigenvalue weighted by atomic mass is 10.0. The zero-order valence-electron chi connectivity index (χ0n) is 53.0. The lowest BCUT2D eigenvalue weighted by Crippen LogP contribution is -2.30. The second kappa shape index (κ2) is 68.3. The van der Waals surface area contributed by atoms with Crippen LogP contribution in [0.15, 0.2) is 122 Å². The van der Waals surface area contributed by atoms with E-state index in [0.717, 1.165) is 148 Å². The van der Waals surface area contributed by atoms with Crippen LogP contribution in [0, 0.1) is 0 Å². The van der Waals surface area contributed by atoms with E-state index in [0.29, 0.717) is 19.3 Å². The summed E-state index contributed by atoms with van der Waals surface area (Å²) in [5.74, 6) is -0.906. The van der Waals surface area contributed by atoms with Gasteiger partial charge in [0.25, 0.3) is 0 Å². The van der Waals surface area contributed by atoms with Crippen LogP contribution in [0.5, 0.6) is 0 Å². The molecule has 6 heteroatoms. The summed E-state index contributed by atoms with van der Waals surface area (Å²) in [4.78, 5) is 38.4. The number of ether oxygens (including phenoxy) is 3. The summed E-state index contributed by atoms with van der Waals surface area (Å²) in [5, 5.41) is 0. The Balaban J connectivity index is 4.34. The molecule has 1 atom stereocenters. The van der Waals surface area contributed by atoms with E-state index in [1.807, 2.05) is 0 Å². The molecule has 0 aliphatic carbocycles. The Morgan fingerprint density at radius 1 is 0.259 bits per heavy atom. The second-order valence-electron chi connectivity index (χ2n) is 22.4. The molecular weight excluding hydrogens is 997 g/mol. The molecule has 1 unspecified atom stereocenters. The molecule has 0 aliphatic rings. The van der Waals surface area contributed by atoms with Crippen molar-refractivity contribution in [1.29, 1.82) is 0 Å². The maximum Gasteiger partial charge on any atom is 0.306 e. The van der Waals surface area contributed by atoms with Crippen LogP contribution in [0.1, 0.15) is 316 Å². The average molecular weight is 1120 g/mol. The van der Waals surface area contributed by atoms with Crippen molar-refractivity contribution in [2.45, 2.75) is 322 Å². The molecule has 0 saturated heterocycles. The lowest BCUT2D eigenvalue weighted by Gasteiger charge is -2.18. The monoisotopic (exact) mass is 1120 g/mol. The number of hydrogen-bond donors (Lipinski definition) is 0. The molecule has 0 fully saturated rings. The van der Waals surface area contributed by atoms with Gasteiger partial charge in [-0.3, -0.25) is 14.4 Å². The number of allylic oxidation sites excluding steroid dienone is 20. The molecule has 0 spiro atoms. The van der Waals surface area contributed by atoms with E-state index in [4.69, 9.17) is 14.2 Å². The van der Waals surface area contributed by atoms with Crippen molar-refractivity contribution in [2.24, 2.45) is 0 Å². The Morgan fingerprint density at radius 3 is 0.790 bits per heavy atom. The largest absolute Gasteiger partial charge is 0.462 e. The Kier molecular flexibility index (Phi) is 64.8. The molecular formula is C75H126O6. The van der Waals surface area contributed by atoms with Crippen molar-refractivity contribution in [1.82, 2.24) is 0 Å². The Hall–Kier alpha value is -4.19. The standard InChI is InChI=1S/C75H126O6/c1-4-7-10-13-16-19-22-25-28-30-32-33-34-35-36-37-38-39-40-41-42-43-44-46-47-50-53-56-59-62-65-68-74(77)80-71-72(70-79-73(76)67-64-61-58-55-52-49-27-24-21-18-15-12-9-6-3)81-75(78)69-66-63-60-57-54-51-48-45-31-29-26-23-20-17-14-11-8-5-2/h7,10,15-16,18-19,24-25,27-28,32-33,35-36,38-39,41-42,44,46,72H,4-6,8-9,11-14,17,20-23,26,29-31,34,37,40,43,45,47-71H2,1-3H3/b10-7-,18-15-,19-16-,27-24-,28-25-,33-32-,36-35-,39-38-,42-41-,46-44-. The minimum Gasteiger partial charge on any atom is -0.462 e. The van der Waals surface area contributed by atoms with Crippen LogP contribution in [-0.2, 0) is 28.6 Å². The van der Waals surface area contributed by atoms with Gasteiger partial charge in [0.05, 0.1) is 0 Å². The van der Waals surface area contributed by atoms with Crippen LogP contribution < -0.4 is 0 Å².